The van der Waals surface area contributed by atoms with E-state index in [-0.39, 0.29) is 5.69 Å². The van der Waals surface area contributed by atoms with Crippen LogP contribution in [0.1, 0.15) is 5.56 Å². The summed E-state index contributed by atoms with van der Waals surface area (Å²) in [6, 6.07) is 3.97. The topological polar surface area (TPSA) is 67.4 Å². The van der Waals surface area contributed by atoms with Crippen molar-refractivity contribution in [1.29, 1.82) is 0 Å². The molecule has 5 nitrogen and oxygen atoms in total. The molecule has 0 aliphatic carbocycles. The Kier molecular flexibility index (Phi) is 3.96. The van der Waals surface area contributed by atoms with Crippen LogP contribution in [0, 0.1) is 12.7 Å². The van der Waals surface area contributed by atoms with E-state index in [1.165, 1.54) is 13.2 Å². The first-order valence-corrected chi connectivity index (χ1v) is 4.44. The van der Waals surface area contributed by atoms with Gasteiger partial charge in [0.05, 0.1) is 7.11 Å². The molecule has 0 aliphatic heterocycles. The van der Waals surface area contributed by atoms with E-state index < -0.39 is 17.6 Å². The third-order valence-corrected chi connectivity index (χ3v) is 1.70. The highest BCUT2D eigenvalue weighted by molar-refractivity contribution is 6.39. The van der Waals surface area contributed by atoms with Gasteiger partial charge in [-0.25, -0.2) is 9.87 Å². The molecule has 0 radical (unpaired) electrons. The van der Waals surface area contributed by atoms with Gasteiger partial charge >= 0.3 is 11.8 Å². The summed E-state index contributed by atoms with van der Waals surface area (Å²) in [6.07, 6.45) is 0. The molecule has 86 valence electrons. The van der Waals surface area contributed by atoms with Crippen LogP contribution in [0.25, 0.3) is 0 Å². The minimum atomic E-state index is -0.954. The molecule has 0 saturated carbocycles. The van der Waals surface area contributed by atoms with Crippen molar-refractivity contribution in [2.24, 2.45) is 0 Å². The van der Waals surface area contributed by atoms with Crippen LogP contribution >= 0.6 is 0 Å². The summed E-state index contributed by atoms with van der Waals surface area (Å²) >= 11 is 0. The summed E-state index contributed by atoms with van der Waals surface area (Å²) in [6.45, 7) is 1.67. The van der Waals surface area contributed by atoms with Crippen LogP contribution in [0.4, 0.5) is 10.1 Å². The Labute approximate surface area is 91.5 Å². The molecule has 2 amide bonds. The number of anilines is 1. The number of benzene rings is 1. The molecule has 1 aromatic rings. The van der Waals surface area contributed by atoms with E-state index in [1.807, 2.05) is 5.48 Å². The number of halogens is 1. The Bertz CT molecular complexity index is 400. The summed E-state index contributed by atoms with van der Waals surface area (Å²) in [7, 11) is 1.21. The average molecular weight is 226 g/mol. The first kappa shape index (κ1) is 12.1. The summed E-state index contributed by atoms with van der Waals surface area (Å²) in [5.74, 6) is -2.36. The van der Waals surface area contributed by atoms with E-state index in [1.54, 1.807) is 13.0 Å². The largest absolute Gasteiger partial charge is 0.333 e. The van der Waals surface area contributed by atoms with Crippen LogP contribution < -0.4 is 10.8 Å². The maximum Gasteiger partial charge on any atom is 0.333 e. The standard InChI is InChI=1S/C10H11FN2O3/c1-6-3-7(11)5-8(4-6)12-9(14)10(15)13-16-2/h3-5H,1-2H3,(H,12,14)(H,13,15). The molecule has 16 heavy (non-hydrogen) atoms. The van der Waals surface area contributed by atoms with E-state index in [2.05, 4.69) is 10.2 Å². The zero-order chi connectivity index (χ0) is 12.1. The van der Waals surface area contributed by atoms with Gasteiger partial charge in [-0.1, -0.05) is 0 Å². The van der Waals surface area contributed by atoms with Gasteiger partial charge in [-0.05, 0) is 30.7 Å². The smallest absolute Gasteiger partial charge is 0.318 e. The highest BCUT2D eigenvalue weighted by atomic mass is 19.1. The Morgan fingerprint density at radius 2 is 1.94 bits per heavy atom. The number of carbonyl (C=O) groups is 2. The lowest BCUT2D eigenvalue weighted by Crippen LogP contribution is -2.34. The van der Waals surface area contributed by atoms with E-state index in [0.717, 1.165) is 6.07 Å². The lowest BCUT2D eigenvalue weighted by atomic mass is 10.2. The molecule has 0 saturated heterocycles. The molecule has 0 heterocycles. The third-order valence-electron chi connectivity index (χ3n) is 1.70. The van der Waals surface area contributed by atoms with E-state index in [0.29, 0.717) is 5.56 Å². The molecule has 0 spiro atoms. The van der Waals surface area contributed by atoms with Gasteiger partial charge in [-0.2, -0.15) is 0 Å². The predicted octanol–water partition coefficient (Wildman–Crippen LogP) is 0.750. The van der Waals surface area contributed by atoms with Gasteiger partial charge < -0.3 is 5.32 Å². The van der Waals surface area contributed by atoms with Crippen molar-refractivity contribution in [3.8, 4) is 0 Å². The molecule has 0 fully saturated rings. The number of hydrogen-bond acceptors (Lipinski definition) is 3. The molecular formula is C10H11FN2O3. The van der Waals surface area contributed by atoms with Gasteiger partial charge in [0.15, 0.2) is 0 Å². The molecule has 0 aromatic heterocycles. The first-order chi connectivity index (χ1) is 7.52. The monoisotopic (exact) mass is 226 g/mol. The zero-order valence-electron chi connectivity index (χ0n) is 8.83. The Morgan fingerprint density at radius 3 is 2.50 bits per heavy atom. The number of rotatable bonds is 2. The first-order valence-electron chi connectivity index (χ1n) is 4.44. The Hall–Kier alpha value is -1.95. The maximum atomic E-state index is 13.0. The second-order valence-corrected chi connectivity index (χ2v) is 3.11. The molecule has 1 rings (SSSR count). The zero-order valence-corrected chi connectivity index (χ0v) is 8.83. The van der Waals surface area contributed by atoms with E-state index >= 15 is 0 Å². The van der Waals surface area contributed by atoms with Crippen LogP contribution in [-0.4, -0.2) is 18.9 Å². The van der Waals surface area contributed by atoms with Crippen molar-refractivity contribution in [3.05, 3.63) is 29.6 Å². The molecule has 0 atom stereocenters. The summed E-state index contributed by atoms with van der Waals surface area (Å²) < 4.78 is 13.0. The minimum Gasteiger partial charge on any atom is -0.318 e. The lowest BCUT2D eigenvalue weighted by molar-refractivity contribution is -0.142. The van der Waals surface area contributed by atoms with Gasteiger partial charge in [0, 0.05) is 5.69 Å². The quantitative estimate of drug-likeness (QED) is 0.577. The average Bonchev–Trinajstić information content (AvgIpc) is 2.16. The van der Waals surface area contributed by atoms with Gasteiger partial charge in [-0.15, -0.1) is 0 Å². The van der Waals surface area contributed by atoms with Crippen LogP contribution in [-0.2, 0) is 14.4 Å². The maximum absolute atomic E-state index is 13.0. The highest BCUT2D eigenvalue weighted by Crippen LogP contribution is 2.12. The van der Waals surface area contributed by atoms with E-state index in [9.17, 15) is 14.0 Å². The molecule has 2 N–H and O–H groups in total. The second kappa shape index (κ2) is 5.22. The summed E-state index contributed by atoms with van der Waals surface area (Å²) in [4.78, 5) is 26.5. The number of amides is 2. The van der Waals surface area contributed by atoms with Crippen molar-refractivity contribution < 1.29 is 18.8 Å². The predicted molar refractivity (Wildman–Crippen MR) is 54.9 cm³/mol. The van der Waals surface area contributed by atoms with Crippen molar-refractivity contribution in [2.45, 2.75) is 6.92 Å². The van der Waals surface area contributed by atoms with Crippen LogP contribution in [0.2, 0.25) is 0 Å². The summed E-state index contributed by atoms with van der Waals surface area (Å²) in [5.41, 5.74) is 2.71. The van der Waals surface area contributed by atoms with Crippen LogP contribution in [0.3, 0.4) is 0 Å². The van der Waals surface area contributed by atoms with Crippen molar-refractivity contribution >= 4 is 17.5 Å². The second-order valence-electron chi connectivity index (χ2n) is 3.11. The van der Waals surface area contributed by atoms with Gasteiger partial charge in [0.1, 0.15) is 5.82 Å². The van der Waals surface area contributed by atoms with Crippen molar-refractivity contribution in [2.75, 3.05) is 12.4 Å². The lowest BCUT2D eigenvalue weighted by Gasteiger charge is -2.05. The number of nitrogens with one attached hydrogen (secondary N) is 2. The number of hydrogen-bond donors (Lipinski definition) is 2. The molecule has 6 heteroatoms. The number of carbonyl (C=O) groups excluding carboxylic acids is 2. The number of hydroxylamine groups is 1. The molecule has 0 bridgehead atoms. The fourth-order valence-electron chi connectivity index (χ4n) is 1.14. The molecule has 0 unspecified atom stereocenters. The summed E-state index contributed by atoms with van der Waals surface area (Å²) in [5, 5.41) is 2.24. The van der Waals surface area contributed by atoms with Gasteiger partial charge in [-0.3, -0.25) is 14.4 Å². The van der Waals surface area contributed by atoms with E-state index in [4.69, 9.17) is 0 Å². The SMILES string of the molecule is CONC(=O)C(=O)Nc1cc(C)cc(F)c1. The van der Waals surface area contributed by atoms with Crippen molar-refractivity contribution in [3.63, 3.8) is 0 Å². The molecule has 1 aromatic carbocycles. The Morgan fingerprint density at radius 1 is 1.25 bits per heavy atom. The highest BCUT2D eigenvalue weighted by Gasteiger charge is 2.13. The van der Waals surface area contributed by atoms with Gasteiger partial charge in [0.2, 0.25) is 0 Å². The molecule has 0 aliphatic rings. The van der Waals surface area contributed by atoms with Crippen LogP contribution in [0.5, 0.6) is 0 Å². The number of aryl methyl sites for hydroxylation is 1. The van der Waals surface area contributed by atoms with Gasteiger partial charge in [0.25, 0.3) is 0 Å². The minimum absolute atomic E-state index is 0.216. The third kappa shape index (κ3) is 3.32. The Balaban J connectivity index is 2.73. The fourth-order valence-corrected chi connectivity index (χ4v) is 1.14. The van der Waals surface area contributed by atoms with Crippen LogP contribution in [0.15, 0.2) is 18.2 Å². The van der Waals surface area contributed by atoms with Crippen molar-refractivity contribution in [1.82, 2.24) is 5.48 Å². The normalized spacial score (nSPS) is 9.69. The molecular weight excluding hydrogens is 215 g/mol. The fraction of sp³-hybridized carbons (Fsp3) is 0.200.